The number of carbonyl (C=O) groups excluding carboxylic acids is 1. The van der Waals surface area contributed by atoms with Gasteiger partial charge < -0.3 is 9.53 Å². The molecule has 0 radical (unpaired) electrons. The summed E-state index contributed by atoms with van der Waals surface area (Å²) in [4.78, 5) is 13.3. The van der Waals surface area contributed by atoms with Gasteiger partial charge in [-0.1, -0.05) is 12.5 Å². The van der Waals surface area contributed by atoms with E-state index < -0.39 is 0 Å². The van der Waals surface area contributed by atoms with Gasteiger partial charge in [-0.2, -0.15) is 5.26 Å². The van der Waals surface area contributed by atoms with Gasteiger partial charge in [-0.05, 0) is 37.1 Å². The number of methoxy groups -OCH3 is 1. The van der Waals surface area contributed by atoms with Crippen molar-refractivity contribution in [3.8, 4) is 11.8 Å². The molecule has 0 aliphatic carbocycles. The monoisotopic (exact) mass is 258 g/mol. The number of aldehydes is 1. The van der Waals surface area contributed by atoms with E-state index in [9.17, 15) is 4.79 Å². The lowest BCUT2D eigenvalue weighted by Crippen LogP contribution is -2.39. The fraction of sp³-hybridized carbons (Fsp3) is 0.467. The third kappa shape index (κ3) is 3.12. The number of benzene rings is 1. The molecule has 1 aliphatic rings. The van der Waals surface area contributed by atoms with Gasteiger partial charge in [0.1, 0.15) is 18.1 Å². The highest BCUT2D eigenvalue weighted by Gasteiger charge is 2.21. The fourth-order valence-electron chi connectivity index (χ4n) is 2.54. The van der Waals surface area contributed by atoms with Crippen LogP contribution in [0.15, 0.2) is 18.2 Å². The SMILES string of the molecule is COc1ccc(CN2CCCCC2C=O)cc1C#N. The molecule has 100 valence electrons. The van der Waals surface area contributed by atoms with Crippen LogP contribution in [0.2, 0.25) is 0 Å². The second kappa shape index (κ2) is 6.35. The van der Waals surface area contributed by atoms with Crippen molar-refractivity contribution < 1.29 is 9.53 Å². The number of likely N-dealkylation sites (tertiary alicyclic amines) is 1. The van der Waals surface area contributed by atoms with Crippen LogP contribution in [0.4, 0.5) is 0 Å². The maximum atomic E-state index is 11.1. The molecule has 0 saturated carbocycles. The summed E-state index contributed by atoms with van der Waals surface area (Å²) in [5.74, 6) is 0.594. The zero-order valence-electron chi connectivity index (χ0n) is 11.1. The molecule has 1 saturated heterocycles. The van der Waals surface area contributed by atoms with Crippen molar-refractivity contribution in [2.75, 3.05) is 13.7 Å². The van der Waals surface area contributed by atoms with Gasteiger partial charge in [0.15, 0.2) is 0 Å². The van der Waals surface area contributed by atoms with Crippen LogP contribution >= 0.6 is 0 Å². The zero-order valence-corrected chi connectivity index (χ0v) is 11.1. The van der Waals surface area contributed by atoms with E-state index in [-0.39, 0.29) is 6.04 Å². The Hall–Kier alpha value is -1.86. The van der Waals surface area contributed by atoms with Crippen molar-refractivity contribution in [2.24, 2.45) is 0 Å². The summed E-state index contributed by atoms with van der Waals surface area (Å²) in [5.41, 5.74) is 1.59. The van der Waals surface area contributed by atoms with Gasteiger partial charge in [-0.25, -0.2) is 0 Å². The quantitative estimate of drug-likeness (QED) is 0.776. The van der Waals surface area contributed by atoms with Gasteiger partial charge in [0, 0.05) is 6.54 Å². The van der Waals surface area contributed by atoms with E-state index in [0.29, 0.717) is 17.9 Å². The molecule has 0 aromatic heterocycles. The Kier molecular flexibility index (Phi) is 4.53. The molecular weight excluding hydrogens is 240 g/mol. The third-order valence-electron chi connectivity index (χ3n) is 3.59. The number of piperidine rings is 1. The van der Waals surface area contributed by atoms with E-state index in [4.69, 9.17) is 10.00 Å². The van der Waals surface area contributed by atoms with Crippen molar-refractivity contribution in [2.45, 2.75) is 31.8 Å². The minimum Gasteiger partial charge on any atom is -0.495 e. The highest BCUT2D eigenvalue weighted by atomic mass is 16.5. The summed E-state index contributed by atoms with van der Waals surface area (Å²) in [7, 11) is 1.56. The number of carbonyl (C=O) groups is 1. The first-order chi connectivity index (χ1) is 9.28. The van der Waals surface area contributed by atoms with Gasteiger partial charge in [0.2, 0.25) is 0 Å². The average molecular weight is 258 g/mol. The minimum atomic E-state index is 0.0152. The highest BCUT2D eigenvalue weighted by Crippen LogP contribution is 2.22. The van der Waals surface area contributed by atoms with E-state index >= 15 is 0 Å². The van der Waals surface area contributed by atoms with Gasteiger partial charge in [-0.15, -0.1) is 0 Å². The predicted octanol–water partition coefficient (Wildman–Crippen LogP) is 2.12. The molecule has 2 rings (SSSR count). The summed E-state index contributed by atoms with van der Waals surface area (Å²) in [5, 5.41) is 9.08. The smallest absolute Gasteiger partial charge is 0.137 e. The largest absolute Gasteiger partial charge is 0.495 e. The minimum absolute atomic E-state index is 0.0152. The topological polar surface area (TPSA) is 53.3 Å². The van der Waals surface area contributed by atoms with Crippen LogP contribution in [0.3, 0.4) is 0 Å². The number of nitrogens with zero attached hydrogens (tertiary/aromatic N) is 2. The van der Waals surface area contributed by atoms with Crippen LogP contribution in [0.1, 0.15) is 30.4 Å². The van der Waals surface area contributed by atoms with Crippen LogP contribution in [0, 0.1) is 11.3 Å². The molecule has 1 atom stereocenters. The molecule has 1 fully saturated rings. The number of hydrogen-bond donors (Lipinski definition) is 0. The lowest BCUT2D eigenvalue weighted by Gasteiger charge is -2.32. The molecule has 4 heteroatoms. The molecule has 0 amide bonds. The number of hydrogen-bond acceptors (Lipinski definition) is 4. The summed E-state index contributed by atoms with van der Waals surface area (Å²) in [6.07, 6.45) is 4.22. The Morgan fingerprint density at radius 1 is 1.53 bits per heavy atom. The molecular formula is C15H18N2O2. The standard InChI is InChI=1S/C15H18N2O2/c1-19-15-6-5-12(8-13(15)9-16)10-17-7-3-2-4-14(17)11-18/h5-6,8,11,14H,2-4,7,10H2,1H3. The van der Waals surface area contributed by atoms with Gasteiger partial charge in [-0.3, -0.25) is 4.90 Å². The third-order valence-corrected chi connectivity index (χ3v) is 3.59. The Balaban J connectivity index is 2.14. The predicted molar refractivity (Wildman–Crippen MR) is 71.8 cm³/mol. The molecule has 4 nitrogen and oxygen atoms in total. The first-order valence-electron chi connectivity index (χ1n) is 6.55. The van der Waals surface area contributed by atoms with Crippen LogP contribution in [0.25, 0.3) is 0 Å². The Morgan fingerprint density at radius 2 is 2.37 bits per heavy atom. The van der Waals surface area contributed by atoms with Crippen molar-refractivity contribution in [1.82, 2.24) is 4.90 Å². The molecule has 1 heterocycles. The van der Waals surface area contributed by atoms with E-state index in [1.807, 2.05) is 18.2 Å². The van der Waals surface area contributed by atoms with Crippen LogP contribution in [0.5, 0.6) is 5.75 Å². The maximum Gasteiger partial charge on any atom is 0.137 e. The van der Waals surface area contributed by atoms with E-state index in [2.05, 4.69) is 11.0 Å². The van der Waals surface area contributed by atoms with Crippen LogP contribution in [-0.2, 0) is 11.3 Å². The fourth-order valence-corrected chi connectivity index (χ4v) is 2.54. The van der Waals surface area contributed by atoms with Gasteiger partial charge >= 0.3 is 0 Å². The first kappa shape index (κ1) is 13.6. The highest BCUT2D eigenvalue weighted by molar-refractivity contribution is 5.57. The molecule has 1 aromatic carbocycles. The van der Waals surface area contributed by atoms with E-state index in [1.165, 1.54) is 0 Å². The van der Waals surface area contributed by atoms with E-state index in [0.717, 1.165) is 37.7 Å². The molecule has 19 heavy (non-hydrogen) atoms. The van der Waals surface area contributed by atoms with Crippen molar-refractivity contribution in [1.29, 1.82) is 5.26 Å². The zero-order chi connectivity index (χ0) is 13.7. The molecule has 1 unspecified atom stereocenters. The van der Waals surface area contributed by atoms with Crippen LogP contribution < -0.4 is 4.74 Å². The van der Waals surface area contributed by atoms with Crippen molar-refractivity contribution >= 4 is 6.29 Å². The summed E-state index contributed by atoms with van der Waals surface area (Å²) in [6.45, 7) is 1.65. The average Bonchev–Trinajstić information content (AvgIpc) is 2.47. The second-order valence-electron chi connectivity index (χ2n) is 4.82. The Bertz CT molecular complexity index is 493. The van der Waals surface area contributed by atoms with E-state index in [1.54, 1.807) is 7.11 Å². The lowest BCUT2D eigenvalue weighted by molar-refractivity contribution is -0.113. The maximum absolute atomic E-state index is 11.1. The number of nitriles is 1. The molecule has 1 aliphatic heterocycles. The summed E-state index contributed by atoms with van der Waals surface area (Å²) in [6, 6.07) is 7.76. The lowest BCUT2D eigenvalue weighted by atomic mass is 10.0. The molecule has 0 spiro atoms. The molecule has 0 N–H and O–H groups in total. The van der Waals surface area contributed by atoms with Crippen LogP contribution in [-0.4, -0.2) is 30.9 Å². The van der Waals surface area contributed by atoms with Crippen molar-refractivity contribution in [3.05, 3.63) is 29.3 Å². The molecule has 0 bridgehead atoms. The van der Waals surface area contributed by atoms with Gasteiger partial charge in [0.05, 0.1) is 18.7 Å². The number of rotatable bonds is 4. The Labute approximate surface area is 113 Å². The van der Waals surface area contributed by atoms with Crippen molar-refractivity contribution in [3.63, 3.8) is 0 Å². The number of ether oxygens (including phenoxy) is 1. The Morgan fingerprint density at radius 3 is 3.05 bits per heavy atom. The normalized spacial score (nSPS) is 19.7. The van der Waals surface area contributed by atoms with Gasteiger partial charge in [0.25, 0.3) is 0 Å². The summed E-state index contributed by atoms with van der Waals surface area (Å²) >= 11 is 0. The second-order valence-corrected chi connectivity index (χ2v) is 4.82. The summed E-state index contributed by atoms with van der Waals surface area (Å²) < 4.78 is 5.13. The first-order valence-corrected chi connectivity index (χ1v) is 6.55. The molecule has 1 aromatic rings.